The molecule has 0 heterocycles. The van der Waals surface area contributed by atoms with Crippen molar-refractivity contribution < 1.29 is 14.7 Å². The summed E-state index contributed by atoms with van der Waals surface area (Å²) in [4.78, 5) is 15.5. The van der Waals surface area contributed by atoms with Crippen molar-refractivity contribution in [2.75, 3.05) is 6.54 Å². The number of hydrogen-bond donors (Lipinski definition) is 2. The summed E-state index contributed by atoms with van der Waals surface area (Å²) in [5.74, 6) is -0.719. The summed E-state index contributed by atoms with van der Waals surface area (Å²) >= 11 is 0. The van der Waals surface area contributed by atoms with Crippen LogP contribution in [0.5, 0.6) is 0 Å². The maximum Gasteiger partial charge on any atom is 0.303 e. The van der Waals surface area contributed by atoms with Gasteiger partial charge in [-0.3, -0.25) is 9.63 Å². The van der Waals surface area contributed by atoms with Gasteiger partial charge in [-0.1, -0.05) is 6.42 Å². The molecule has 4 heteroatoms. The summed E-state index contributed by atoms with van der Waals surface area (Å²) in [6.07, 6.45) is 2.88. The van der Waals surface area contributed by atoms with E-state index in [0.717, 1.165) is 25.8 Å². The fourth-order valence-electron chi connectivity index (χ4n) is 0.918. The fourth-order valence-corrected chi connectivity index (χ4v) is 0.918. The summed E-state index contributed by atoms with van der Waals surface area (Å²) in [6, 6.07) is 0. The second-order valence-electron chi connectivity index (χ2n) is 4.31. The molecule has 0 bridgehead atoms. The first-order valence-electron chi connectivity index (χ1n) is 5.04. The van der Waals surface area contributed by atoms with Crippen molar-refractivity contribution in [3.8, 4) is 0 Å². The van der Waals surface area contributed by atoms with E-state index in [-0.39, 0.29) is 12.0 Å². The number of hydroxylamine groups is 1. The highest BCUT2D eigenvalue weighted by Gasteiger charge is 2.09. The average Bonchev–Trinajstić information content (AvgIpc) is 2.00. The second kappa shape index (κ2) is 6.79. The van der Waals surface area contributed by atoms with Gasteiger partial charge in [0.25, 0.3) is 0 Å². The highest BCUT2D eigenvalue weighted by molar-refractivity contribution is 5.66. The third-order valence-corrected chi connectivity index (χ3v) is 1.55. The number of carboxylic acids is 1. The fraction of sp³-hybridized carbons (Fsp3) is 0.900. The first kappa shape index (κ1) is 13.4. The first-order valence-corrected chi connectivity index (χ1v) is 5.04. The third-order valence-electron chi connectivity index (χ3n) is 1.55. The maximum absolute atomic E-state index is 10.2. The van der Waals surface area contributed by atoms with Crippen molar-refractivity contribution in [3.05, 3.63) is 0 Å². The summed E-state index contributed by atoms with van der Waals surface area (Å²) in [5, 5.41) is 8.38. The molecule has 14 heavy (non-hydrogen) atoms. The Kier molecular flexibility index (Phi) is 6.49. The van der Waals surface area contributed by atoms with Crippen LogP contribution in [0.2, 0.25) is 0 Å². The van der Waals surface area contributed by atoms with Crippen LogP contribution in [0.25, 0.3) is 0 Å². The first-order chi connectivity index (χ1) is 6.42. The molecule has 0 aliphatic heterocycles. The maximum atomic E-state index is 10.2. The van der Waals surface area contributed by atoms with Gasteiger partial charge in [0.15, 0.2) is 0 Å². The van der Waals surface area contributed by atoms with Gasteiger partial charge in [0, 0.05) is 13.0 Å². The molecule has 0 unspecified atom stereocenters. The van der Waals surface area contributed by atoms with Crippen LogP contribution in [0, 0.1) is 0 Å². The number of nitrogens with one attached hydrogen (secondary N) is 1. The van der Waals surface area contributed by atoms with Crippen LogP contribution in [-0.4, -0.2) is 23.2 Å². The minimum Gasteiger partial charge on any atom is -0.481 e. The van der Waals surface area contributed by atoms with Gasteiger partial charge in [-0.2, -0.15) is 0 Å². The van der Waals surface area contributed by atoms with Crippen molar-refractivity contribution >= 4 is 5.97 Å². The second-order valence-corrected chi connectivity index (χ2v) is 4.31. The van der Waals surface area contributed by atoms with E-state index in [1.54, 1.807) is 0 Å². The van der Waals surface area contributed by atoms with E-state index in [2.05, 4.69) is 5.48 Å². The number of unbranched alkanes of at least 4 members (excludes halogenated alkanes) is 2. The molecular formula is C10H21NO3. The number of carboxylic acid groups (broad SMARTS) is 1. The van der Waals surface area contributed by atoms with Crippen LogP contribution in [0.15, 0.2) is 0 Å². The van der Waals surface area contributed by atoms with Crippen molar-refractivity contribution in [2.45, 2.75) is 52.1 Å². The molecule has 0 saturated heterocycles. The van der Waals surface area contributed by atoms with Gasteiger partial charge >= 0.3 is 5.97 Å². The minimum absolute atomic E-state index is 0.166. The van der Waals surface area contributed by atoms with Gasteiger partial charge in [-0.25, -0.2) is 5.48 Å². The lowest BCUT2D eigenvalue weighted by Gasteiger charge is -2.19. The van der Waals surface area contributed by atoms with E-state index in [0.29, 0.717) is 0 Å². The zero-order chi connectivity index (χ0) is 11.0. The Labute approximate surface area is 85.6 Å². The molecule has 0 aliphatic carbocycles. The molecule has 0 aromatic heterocycles. The third kappa shape index (κ3) is 11.4. The number of aliphatic carboxylic acids is 1. The molecule has 2 N–H and O–H groups in total. The molecule has 84 valence electrons. The average molecular weight is 203 g/mol. The molecule has 0 spiro atoms. The Morgan fingerprint density at radius 1 is 1.29 bits per heavy atom. The van der Waals surface area contributed by atoms with Gasteiger partial charge in [0.2, 0.25) is 0 Å². The summed E-state index contributed by atoms with van der Waals surface area (Å²) in [7, 11) is 0. The molecule has 0 aliphatic rings. The van der Waals surface area contributed by atoms with Crippen LogP contribution >= 0.6 is 0 Å². The van der Waals surface area contributed by atoms with Crippen molar-refractivity contribution in [1.29, 1.82) is 0 Å². The van der Waals surface area contributed by atoms with E-state index < -0.39 is 5.97 Å². The summed E-state index contributed by atoms with van der Waals surface area (Å²) in [5.41, 5.74) is 2.70. The Hall–Kier alpha value is -0.610. The monoisotopic (exact) mass is 203 g/mol. The van der Waals surface area contributed by atoms with Crippen molar-refractivity contribution in [2.24, 2.45) is 0 Å². The van der Waals surface area contributed by atoms with Gasteiger partial charge in [-0.15, -0.1) is 0 Å². The molecule has 0 aromatic rings. The predicted octanol–water partition coefficient (Wildman–Crippen LogP) is 1.95. The Morgan fingerprint density at radius 2 is 1.93 bits per heavy atom. The van der Waals surface area contributed by atoms with Gasteiger partial charge in [0.05, 0.1) is 5.60 Å². The molecule has 0 aromatic carbocycles. The Balaban J connectivity index is 3.11. The lowest BCUT2D eigenvalue weighted by molar-refractivity contribution is -0.137. The molecule has 4 nitrogen and oxygen atoms in total. The molecule has 0 rings (SSSR count). The molecule has 0 amide bonds. The van der Waals surface area contributed by atoms with Crippen LogP contribution in [0.1, 0.15) is 46.5 Å². The van der Waals surface area contributed by atoms with E-state index in [4.69, 9.17) is 9.94 Å². The number of hydrogen-bond acceptors (Lipinski definition) is 3. The zero-order valence-corrected chi connectivity index (χ0v) is 9.30. The largest absolute Gasteiger partial charge is 0.481 e. The van der Waals surface area contributed by atoms with Crippen molar-refractivity contribution in [3.63, 3.8) is 0 Å². The SMILES string of the molecule is CC(C)(C)ONCCCCCC(=O)O. The van der Waals surface area contributed by atoms with Crippen LogP contribution in [0.4, 0.5) is 0 Å². The van der Waals surface area contributed by atoms with Crippen LogP contribution in [0.3, 0.4) is 0 Å². The van der Waals surface area contributed by atoms with E-state index in [9.17, 15) is 4.79 Å². The Bertz CT molecular complexity index is 163. The van der Waals surface area contributed by atoms with E-state index in [1.807, 2.05) is 20.8 Å². The lowest BCUT2D eigenvalue weighted by Crippen LogP contribution is -2.29. The minimum atomic E-state index is -0.719. The number of rotatable bonds is 7. The highest BCUT2D eigenvalue weighted by atomic mass is 16.7. The van der Waals surface area contributed by atoms with Crippen LogP contribution < -0.4 is 5.48 Å². The van der Waals surface area contributed by atoms with Gasteiger partial charge < -0.3 is 5.11 Å². The van der Waals surface area contributed by atoms with E-state index in [1.165, 1.54) is 0 Å². The van der Waals surface area contributed by atoms with E-state index >= 15 is 0 Å². The topological polar surface area (TPSA) is 58.6 Å². The zero-order valence-electron chi connectivity index (χ0n) is 9.30. The summed E-state index contributed by atoms with van der Waals surface area (Å²) < 4.78 is 0. The smallest absolute Gasteiger partial charge is 0.303 e. The number of carbonyl (C=O) groups is 1. The molecule has 0 radical (unpaired) electrons. The Morgan fingerprint density at radius 3 is 2.43 bits per heavy atom. The highest BCUT2D eigenvalue weighted by Crippen LogP contribution is 2.04. The lowest BCUT2D eigenvalue weighted by atomic mass is 10.2. The quantitative estimate of drug-likeness (QED) is 0.490. The van der Waals surface area contributed by atoms with Crippen LogP contribution in [-0.2, 0) is 9.63 Å². The van der Waals surface area contributed by atoms with Gasteiger partial charge in [0.1, 0.15) is 0 Å². The molecule has 0 atom stereocenters. The summed E-state index contributed by atoms with van der Waals surface area (Å²) in [6.45, 7) is 6.70. The molecule has 0 fully saturated rings. The standard InChI is InChI=1S/C10H21NO3/c1-10(2,3)14-11-8-6-4-5-7-9(12)13/h11H,4-8H2,1-3H3,(H,12,13). The molecular weight excluding hydrogens is 182 g/mol. The normalized spacial score (nSPS) is 11.6. The van der Waals surface area contributed by atoms with Crippen molar-refractivity contribution in [1.82, 2.24) is 5.48 Å². The van der Waals surface area contributed by atoms with Gasteiger partial charge in [-0.05, 0) is 33.6 Å². The predicted molar refractivity (Wildman–Crippen MR) is 54.9 cm³/mol. The molecule has 0 saturated carbocycles.